The van der Waals surface area contributed by atoms with E-state index in [1.54, 1.807) is 14.1 Å². The molecule has 0 spiro atoms. The van der Waals surface area contributed by atoms with E-state index in [4.69, 9.17) is 0 Å². The molecule has 2 heterocycles. The third-order valence-electron chi connectivity index (χ3n) is 4.41. The van der Waals surface area contributed by atoms with Crippen molar-refractivity contribution in [2.45, 2.75) is 25.8 Å². The van der Waals surface area contributed by atoms with Crippen molar-refractivity contribution in [3.05, 3.63) is 35.7 Å². The van der Waals surface area contributed by atoms with Crippen molar-refractivity contribution in [1.29, 1.82) is 0 Å². The third kappa shape index (κ3) is 3.27. The van der Waals surface area contributed by atoms with Gasteiger partial charge in [0.15, 0.2) is 5.82 Å². The van der Waals surface area contributed by atoms with Crippen LogP contribution in [-0.2, 0) is 0 Å². The van der Waals surface area contributed by atoms with Crippen molar-refractivity contribution in [2.24, 2.45) is 0 Å². The molecular weight excluding hydrogens is 290 g/mol. The average Bonchev–Trinajstić information content (AvgIpc) is 3.25. The second kappa shape index (κ2) is 6.50. The number of carbonyl (C=O) groups is 1. The van der Waals surface area contributed by atoms with Gasteiger partial charge in [0.1, 0.15) is 0 Å². The van der Waals surface area contributed by atoms with Crippen molar-refractivity contribution >= 4 is 5.91 Å². The fourth-order valence-electron chi connectivity index (χ4n) is 2.98. The van der Waals surface area contributed by atoms with E-state index in [0.29, 0.717) is 11.9 Å². The molecule has 0 bridgehead atoms. The SMILES string of the molecule is CC(c1cccc(-c2n[nH]c(C(=O)N(C)C)n2)c1)N1CCCC1. The number of nitrogens with zero attached hydrogens (tertiary/aromatic N) is 4. The molecule has 1 aromatic carbocycles. The molecule has 3 rings (SSSR count). The summed E-state index contributed by atoms with van der Waals surface area (Å²) in [4.78, 5) is 20.2. The molecule has 1 atom stereocenters. The minimum Gasteiger partial charge on any atom is -0.342 e. The number of nitrogens with one attached hydrogen (secondary N) is 1. The average molecular weight is 313 g/mol. The monoisotopic (exact) mass is 313 g/mol. The lowest BCUT2D eigenvalue weighted by atomic mass is 10.0. The van der Waals surface area contributed by atoms with E-state index in [9.17, 15) is 4.79 Å². The largest absolute Gasteiger partial charge is 0.342 e. The van der Waals surface area contributed by atoms with E-state index in [-0.39, 0.29) is 11.7 Å². The molecule has 0 saturated carbocycles. The zero-order valence-corrected chi connectivity index (χ0v) is 13.9. The minimum absolute atomic E-state index is 0.176. The summed E-state index contributed by atoms with van der Waals surface area (Å²) in [6.45, 7) is 4.56. The molecule has 6 nitrogen and oxygen atoms in total. The van der Waals surface area contributed by atoms with Gasteiger partial charge in [-0.3, -0.25) is 14.8 Å². The van der Waals surface area contributed by atoms with Crippen LogP contribution in [0.15, 0.2) is 24.3 Å². The molecule has 1 fully saturated rings. The molecule has 0 radical (unpaired) electrons. The number of hydrogen-bond donors (Lipinski definition) is 1. The Morgan fingerprint density at radius 3 is 2.74 bits per heavy atom. The summed E-state index contributed by atoms with van der Waals surface area (Å²) < 4.78 is 0. The molecule has 1 amide bonds. The van der Waals surface area contributed by atoms with Gasteiger partial charge in [0, 0.05) is 25.7 Å². The number of aromatic nitrogens is 3. The first-order valence-corrected chi connectivity index (χ1v) is 8.04. The number of carbonyl (C=O) groups excluding carboxylic acids is 1. The fraction of sp³-hybridized carbons (Fsp3) is 0.471. The van der Waals surface area contributed by atoms with Crippen molar-refractivity contribution < 1.29 is 4.79 Å². The summed E-state index contributed by atoms with van der Waals surface area (Å²) in [7, 11) is 3.39. The molecule has 6 heteroatoms. The molecule has 2 aromatic rings. The van der Waals surface area contributed by atoms with E-state index < -0.39 is 0 Å². The maximum absolute atomic E-state index is 11.9. The molecule has 0 aliphatic carbocycles. The van der Waals surface area contributed by atoms with E-state index in [1.165, 1.54) is 23.3 Å². The van der Waals surface area contributed by atoms with E-state index in [0.717, 1.165) is 18.7 Å². The molecule has 1 saturated heterocycles. The Morgan fingerprint density at radius 2 is 2.04 bits per heavy atom. The topological polar surface area (TPSA) is 65.1 Å². The predicted molar refractivity (Wildman–Crippen MR) is 89.1 cm³/mol. The van der Waals surface area contributed by atoms with Crippen LogP contribution in [0.3, 0.4) is 0 Å². The Bertz CT molecular complexity index is 688. The van der Waals surface area contributed by atoms with Gasteiger partial charge < -0.3 is 4.90 Å². The summed E-state index contributed by atoms with van der Waals surface area (Å²) in [5.41, 5.74) is 2.19. The number of benzene rings is 1. The molecular formula is C17H23N5O. The predicted octanol–water partition coefficient (Wildman–Crippen LogP) is 2.33. The summed E-state index contributed by atoms with van der Waals surface area (Å²) in [6.07, 6.45) is 2.56. The summed E-state index contributed by atoms with van der Waals surface area (Å²) in [5, 5.41) is 6.92. The van der Waals surface area contributed by atoms with Gasteiger partial charge in [0.2, 0.25) is 5.82 Å². The molecule has 1 aromatic heterocycles. The quantitative estimate of drug-likeness (QED) is 0.941. The first-order valence-electron chi connectivity index (χ1n) is 8.04. The van der Waals surface area contributed by atoms with Gasteiger partial charge in [-0.1, -0.05) is 18.2 Å². The molecule has 1 aliphatic rings. The number of amides is 1. The lowest BCUT2D eigenvalue weighted by Crippen LogP contribution is -2.23. The number of aromatic amines is 1. The van der Waals surface area contributed by atoms with Crippen LogP contribution in [0, 0.1) is 0 Å². The third-order valence-corrected chi connectivity index (χ3v) is 4.41. The lowest BCUT2D eigenvalue weighted by molar-refractivity contribution is 0.0816. The maximum atomic E-state index is 11.9. The van der Waals surface area contributed by atoms with Crippen LogP contribution < -0.4 is 0 Å². The van der Waals surface area contributed by atoms with Crippen molar-refractivity contribution in [2.75, 3.05) is 27.2 Å². The lowest BCUT2D eigenvalue weighted by Gasteiger charge is -2.24. The first-order chi connectivity index (χ1) is 11.1. The zero-order valence-electron chi connectivity index (χ0n) is 13.9. The Labute approximate surface area is 136 Å². The molecule has 1 N–H and O–H groups in total. The van der Waals surface area contributed by atoms with Gasteiger partial charge >= 0.3 is 0 Å². The summed E-state index contributed by atoms with van der Waals surface area (Å²) >= 11 is 0. The Balaban J connectivity index is 1.83. The Kier molecular flexibility index (Phi) is 4.43. The fourth-order valence-corrected chi connectivity index (χ4v) is 2.98. The van der Waals surface area contributed by atoms with Crippen molar-refractivity contribution in [1.82, 2.24) is 25.0 Å². The van der Waals surface area contributed by atoms with Gasteiger partial charge in [0.25, 0.3) is 5.91 Å². The van der Waals surface area contributed by atoms with Gasteiger partial charge in [-0.25, -0.2) is 4.98 Å². The van der Waals surface area contributed by atoms with E-state index in [1.807, 2.05) is 12.1 Å². The van der Waals surface area contributed by atoms with Gasteiger partial charge in [-0.05, 0) is 44.5 Å². The number of H-pyrrole nitrogens is 1. The van der Waals surface area contributed by atoms with Crippen LogP contribution in [0.2, 0.25) is 0 Å². The first kappa shape index (κ1) is 15.7. The molecule has 122 valence electrons. The standard InChI is InChI=1S/C17H23N5O/c1-12(22-9-4-5-10-22)13-7-6-8-14(11-13)15-18-16(20-19-15)17(23)21(2)3/h6-8,11-12H,4-5,9-10H2,1-3H3,(H,18,19,20). The van der Waals surface area contributed by atoms with E-state index >= 15 is 0 Å². The highest BCUT2D eigenvalue weighted by Crippen LogP contribution is 2.27. The highest BCUT2D eigenvalue weighted by molar-refractivity contribution is 5.90. The minimum atomic E-state index is -0.176. The van der Waals surface area contributed by atoms with Crippen LogP contribution in [0.25, 0.3) is 11.4 Å². The Morgan fingerprint density at radius 1 is 1.30 bits per heavy atom. The molecule has 1 aliphatic heterocycles. The van der Waals surface area contributed by atoms with Crippen LogP contribution in [-0.4, -0.2) is 58.1 Å². The molecule has 1 unspecified atom stereocenters. The Hall–Kier alpha value is -2.21. The number of likely N-dealkylation sites (tertiary alicyclic amines) is 1. The van der Waals surface area contributed by atoms with E-state index in [2.05, 4.69) is 39.1 Å². The van der Waals surface area contributed by atoms with Gasteiger partial charge in [0.05, 0.1) is 0 Å². The highest BCUT2D eigenvalue weighted by Gasteiger charge is 2.20. The smallest absolute Gasteiger partial charge is 0.290 e. The van der Waals surface area contributed by atoms with Crippen LogP contribution in [0.4, 0.5) is 0 Å². The highest BCUT2D eigenvalue weighted by atomic mass is 16.2. The number of hydrogen-bond acceptors (Lipinski definition) is 4. The van der Waals surface area contributed by atoms with Gasteiger partial charge in [-0.2, -0.15) is 5.10 Å². The van der Waals surface area contributed by atoms with Crippen LogP contribution in [0.5, 0.6) is 0 Å². The normalized spacial score (nSPS) is 16.5. The zero-order chi connectivity index (χ0) is 16.4. The second-order valence-electron chi connectivity index (χ2n) is 6.25. The summed E-state index contributed by atoms with van der Waals surface area (Å²) in [5.74, 6) is 0.652. The van der Waals surface area contributed by atoms with Crippen LogP contribution in [0.1, 0.15) is 42.0 Å². The van der Waals surface area contributed by atoms with Crippen molar-refractivity contribution in [3.63, 3.8) is 0 Å². The van der Waals surface area contributed by atoms with Gasteiger partial charge in [-0.15, -0.1) is 0 Å². The van der Waals surface area contributed by atoms with Crippen LogP contribution >= 0.6 is 0 Å². The van der Waals surface area contributed by atoms with Crippen molar-refractivity contribution in [3.8, 4) is 11.4 Å². The maximum Gasteiger partial charge on any atom is 0.290 e. The summed E-state index contributed by atoms with van der Waals surface area (Å²) in [6, 6.07) is 8.66. The molecule has 23 heavy (non-hydrogen) atoms. The number of rotatable bonds is 4. The second-order valence-corrected chi connectivity index (χ2v) is 6.25.